The minimum atomic E-state index is 0.608. The van der Waals surface area contributed by atoms with Gasteiger partial charge < -0.3 is 4.90 Å². The number of piperidine rings is 1. The molecule has 0 atom stereocenters. The van der Waals surface area contributed by atoms with Crippen LogP contribution in [0.15, 0.2) is 58.0 Å². The van der Waals surface area contributed by atoms with Crippen LogP contribution >= 0.6 is 15.9 Å². The van der Waals surface area contributed by atoms with Crippen molar-refractivity contribution in [1.29, 1.82) is 5.26 Å². The highest BCUT2D eigenvalue weighted by molar-refractivity contribution is 9.10. The van der Waals surface area contributed by atoms with Crippen molar-refractivity contribution in [3.05, 3.63) is 64.1 Å². The highest BCUT2D eigenvalue weighted by Crippen LogP contribution is 2.25. The van der Waals surface area contributed by atoms with Crippen molar-refractivity contribution < 1.29 is 0 Å². The average Bonchev–Trinajstić information content (AvgIpc) is 2.59. The number of halogens is 1. The van der Waals surface area contributed by atoms with Gasteiger partial charge in [0, 0.05) is 24.0 Å². The molecule has 0 amide bonds. The summed E-state index contributed by atoms with van der Waals surface area (Å²) in [4.78, 5) is 7.14. The van der Waals surface area contributed by atoms with Gasteiger partial charge >= 0.3 is 0 Å². The summed E-state index contributed by atoms with van der Waals surface area (Å²) >= 11 is 3.41. The van der Waals surface area contributed by atoms with Crippen LogP contribution in [0.5, 0.6) is 0 Å². The lowest BCUT2D eigenvalue weighted by molar-refractivity contribution is 0.364. The number of likely N-dealkylation sites (tertiary alicyclic amines) is 1. The minimum Gasteiger partial charge on any atom is -0.356 e. The van der Waals surface area contributed by atoms with E-state index in [-0.39, 0.29) is 0 Å². The maximum atomic E-state index is 9.32. The van der Waals surface area contributed by atoms with Crippen molar-refractivity contribution in [2.45, 2.75) is 25.8 Å². The van der Waals surface area contributed by atoms with Gasteiger partial charge in [-0.1, -0.05) is 46.3 Å². The molecule has 0 radical (unpaired) electrons. The smallest absolute Gasteiger partial charge is 0.105 e. The van der Waals surface area contributed by atoms with Gasteiger partial charge in [-0.15, -0.1) is 0 Å². The quantitative estimate of drug-likeness (QED) is 0.762. The maximum absolute atomic E-state index is 9.32. The fourth-order valence-electron chi connectivity index (χ4n) is 2.81. The Morgan fingerprint density at radius 3 is 2.74 bits per heavy atom. The molecule has 0 N–H and O–H groups in total. The van der Waals surface area contributed by atoms with Crippen molar-refractivity contribution >= 4 is 27.5 Å². The summed E-state index contributed by atoms with van der Waals surface area (Å²) in [7, 11) is 0. The predicted molar refractivity (Wildman–Crippen MR) is 96.7 cm³/mol. The third-order valence-electron chi connectivity index (χ3n) is 3.99. The zero-order valence-corrected chi connectivity index (χ0v) is 14.5. The summed E-state index contributed by atoms with van der Waals surface area (Å²) in [5.74, 6) is 1.08. The number of nitriles is 1. The van der Waals surface area contributed by atoms with E-state index >= 15 is 0 Å². The molecule has 2 aromatic carbocycles. The Morgan fingerprint density at radius 1 is 1.13 bits per heavy atom. The zero-order chi connectivity index (χ0) is 16.1. The number of hydrogen-bond acceptors (Lipinski definition) is 2. The third-order valence-corrected chi connectivity index (χ3v) is 4.48. The summed E-state index contributed by atoms with van der Waals surface area (Å²) < 4.78 is 0.905. The van der Waals surface area contributed by atoms with E-state index in [2.05, 4.69) is 51.2 Å². The van der Waals surface area contributed by atoms with E-state index in [1.807, 2.05) is 24.3 Å². The Bertz CT molecular complexity index is 747. The standard InChI is InChI=1S/C19H18BrN3/c20-17-9-10-18(16(12-17)13-21)22-19-8-4-5-11-23(19)14-15-6-2-1-3-7-15/h1-3,6-7,9-10,12H,4-5,8,11,14H2/b22-19+. The molecular weight excluding hydrogens is 350 g/mol. The Morgan fingerprint density at radius 2 is 1.96 bits per heavy atom. The summed E-state index contributed by atoms with van der Waals surface area (Å²) in [6.45, 7) is 1.89. The molecule has 3 rings (SSSR count). The number of amidine groups is 1. The van der Waals surface area contributed by atoms with E-state index < -0.39 is 0 Å². The highest BCUT2D eigenvalue weighted by Gasteiger charge is 2.17. The Labute approximate surface area is 145 Å². The van der Waals surface area contributed by atoms with Gasteiger partial charge in [-0.05, 0) is 36.6 Å². The number of aliphatic imine (C=N–C) groups is 1. The molecule has 1 aliphatic heterocycles. The van der Waals surface area contributed by atoms with Crippen molar-refractivity contribution in [3.8, 4) is 6.07 Å². The van der Waals surface area contributed by atoms with Gasteiger partial charge in [-0.25, -0.2) is 4.99 Å². The van der Waals surface area contributed by atoms with Crippen LogP contribution in [-0.4, -0.2) is 17.3 Å². The maximum Gasteiger partial charge on any atom is 0.105 e. The topological polar surface area (TPSA) is 39.4 Å². The second kappa shape index (κ2) is 7.43. The summed E-state index contributed by atoms with van der Waals surface area (Å²) in [6, 6.07) is 18.4. The van der Waals surface area contributed by atoms with Crippen molar-refractivity contribution in [2.24, 2.45) is 4.99 Å². The van der Waals surface area contributed by atoms with E-state index in [4.69, 9.17) is 4.99 Å². The largest absolute Gasteiger partial charge is 0.356 e. The van der Waals surface area contributed by atoms with E-state index in [0.717, 1.165) is 41.9 Å². The van der Waals surface area contributed by atoms with Gasteiger partial charge in [0.25, 0.3) is 0 Å². The van der Waals surface area contributed by atoms with E-state index in [1.165, 1.54) is 12.0 Å². The molecule has 116 valence electrons. The lowest BCUT2D eigenvalue weighted by Gasteiger charge is -2.30. The first-order chi connectivity index (χ1) is 11.3. The molecule has 1 aliphatic rings. The predicted octanol–water partition coefficient (Wildman–Crippen LogP) is 5.04. The highest BCUT2D eigenvalue weighted by atomic mass is 79.9. The van der Waals surface area contributed by atoms with Crippen LogP contribution < -0.4 is 0 Å². The first kappa shape index (κ1) is 15.8. The van der Waals surface area contributed by atoms with E-state index in [9.17, 15) is 5.26 Å². The SMILES string of the molecule is N#Cc1cc(Br)ccc1/N=C1\CCCCN1Cc1ccccc1. The Kier molecular flexibility index (Phi) is 5.09. The fraction of sp³-hybridized carbons (Fsp3) is 0.263. The number of benzene rings is 2. The van der Waals surface area contributed by atoms with Crippen LogP contribution in [0.3, 0.4) is 0 Å². The average molecular weight is 368 g/mol. The van der Waals surface area contributed by atoms with Crippen molar-refractivity contribution in [3.63, 3.8) is 0 Å². The van der Waals surface area contributed by atoms with Gasteiger partial charge in [-0.2, -0.15) is 5.26 Å². The Hall–Kier alpha value is -2.12. The molecule has 1 fully saturated rings. The minimum absolute atomic E-state index is 0.608. The van der Waals surface area contributed by atoms with Crippen LogP contribution in [0.25, 0.3) is 0 Å². The molecule has 0 saturated carbocycles. The molecule has 0 aromatic heterocycles. The molecule has 2 aromatic rings. The summed E-state index contributed by atoms with van der Waals surface area (Å²) in [6.07, 6.45) is 3.31. The van der Waals surface area contributed by atoms with Crippen LogP contribution in [0, 0.1) is 11.3 Å². The van der Waals surface area contributed by atoms with Gasteiger partial charge in [0.15, 0.2) is 0 Å². The molecule has 0 unspecified atom stereocenters. The molecule has 0 bridgehead atoms. The lowest BCUT2D eigenvalue weighted by Crippen LogP contribution is -2.34. The zero-order valence-electron chi connectivity index (χ0n) is 12.9. The normalized spacial score (nSPS) is 16.3. The second-order valence-corrected chi connectivity index (χ2v) is 6.58. The first-order valence-corrected chi connectivity index (χ1v) is 8.61. The molecule has 0 spiro atoms. The van der Waals surface area contributed by atoms with Crippen molar-refractivity contribution in [1.82, 2.24) is 4.90 Å². The third kappa shape index (κ3) is 4.00. The fourth-order valence-corrected chi connectivity index (χ4v) is 3.17. The molecule has 23 heavy (non-hydrogen) atoms. The van der Waals surface area contributed by atoms with Crippen LogP contribution in [0.4, 0.5) is 5.69 Å². The Balaban J connectivity index is 1.88. The molecule has 1 heterocycles. The van der Waals surface area contributed by atoms with Gasteiger partial charge in [0.2, 0.25) is 0 Å². The number of nitrogens with zero attached hydrogens (tertiary/aromatic N) is 3. The molecule has 3 nitrogen and oxygen atoms in total. The lowest BCUT2D eigenvalue weighted by atomic mass is 10.1. The van der Waals surface area contributed by atoms with Crippen LogP contribution in [0.2, 0.25) is 0 Å². The number of rotatable bonds is 3. The van der Waals surface area contributed by atoms with Crippen molar-refractivity contribution in [2.75, 3.05) is 6.54 Å². The van der Waals surface area contributed by atoms with Gasteiger partial charge in [0.05, 0.1) is 11.3 Å². The molecule has 1 saturated heterocycles. The molecular formula is C19H18BrN3. The molecule has 4 heteroatoms. The molecule has 0 aliphatic carbocycles. The second-order valence-electron chi connectivity index (χ2n) is 5.67. The van der Waals surface area contributed by atoms with E-state index in [0.29, 0.717) is 5.56 Å². The van der Waals surface area contributed by atoms with Gasteiger partial charge in [0.1, 0.15) is 11.9 Å². The van der Waals surface area contributed by atoms with Crippen LogP contribution in [0.1, 0.15) is 30.4 Å². The first-order valence-electron chi connectivity index (χ1n) is 7.82. The monoisotopic (exact) mass is 367 g/mol. The summed E-state index contributed by atoms with van der Waals surface area (Å²) in [5, 5.41) is 9.32. The van der Waals surface area contributed by atoms with E-state index in [1.54, 1.807) is 0 Å². The van der Waals surface area contributed by atoms with Gasteiger partial charge in [-0.3, -0.25) is 0 Å². The summed E-state index contributed by atoms with van der Waals surface area (Å²) in [5.41, 5.74) is 2.65. The number of hydrogen-bond donors (Lipinski definition) is 0. The van der Waals surface area contributed by atoms with Crippen LogP contribution in [-0.2, 0) is 6.54 Å².